The lowest BCUT2D eigenvalue weighted by atomic mass is 10.0. The third kappa shape index (κ3) is 14.3. The predicted molar refractivity (Wildman–Crippen MR) is 111 cm³/mol. The molecule has 1 rings (SSSR count). The monoisotopic (exact) mass is 445 g/mol. The molecule has 0 unspecified atom stereocenters. The second kappa shape index (κ2) is 15.5. The predicted octanol–water partition coefficient (Wildman–Crippen LogP) is 6.37. The summed E-state index contributed by atoms with van der Waals surface area (Å²) < 4.78 is 60.4. The first-order valence-corrected chi connectivity index (χ1v) is 12.9. The summed E-state index contributed by atoms with van der Waals surface area (Å²) in [5.74, 6) is 0. The highest BCUT2D eigenvalue weighted by atomic mass is 32.2. The normalized spacial score (nSPS) is 16.9. The van der Waals surface area contributed by atoms with Gasteiger partial charge in [0.25, 0.3) is 0 Å². The molecule has 1 heterocycles. The van der Waals surface area contributed by atoms with Crippen molar-refractivity contribution in [3.8, 4) is 0 Å². The topological polar surface area (TPSA) is 57.2 Å². The molecule has 0 atom stereocenters. The van der Waals surface area contributed by atoms with Crippen LogP contribution in [-0.2, 0) is 10.1 Å². The standard InChI is InChI=1S/C20H42N.CHF3O3S/c1-3-5-7-8-9-10-11-12-14-18-21(17-6-4-2)19-15-13-16-20-21;2-1(3,4)8(5,6)7/h3-20H2,1-2H3;(H,5,6,7)/q+1;/p-1. The molecular formula is C21H42F3NO3S. The summed E-state index contributed by atoms with van der Waals surface area (Å²) in [6.45, 7) is 10.6. The molecule has 0 aliphatic carbocycles. The number of quaternary nitrogens is 1. The van der Waals surface area contributed by atoms with Crippen molar-refractivity contribution in [2.75, 3.05) is 26.2 Å². The van der Waals surface area contributed by atoms with Gasteiger partial charge >= 0.3 is 5.51 Å². The molecule has 1 fully saturated rings. The van der Waals surface area contributed by atoms with Gasteiger partial charge in [0.05, 0.1) is 26.2 Å². The lowest BCUT2D eigenvalue weighted by Crippen LogP contribution is -2.52. The number of piperidine rings is 1. The smallest absolute Gasteiger partial charge is 0.485 e. The minimum atomic E-state index is -6.09. The second-order valence-corrected chi connectivity index (χ2v) is 9.75. The summed E-state index contributed by atoms with van der Waals surface area (Å²) in [4.78, 5) is 0. The molecule has 1 aliphatic heterocycles. The Bertz CT molecular complexity index is 490. The van der Waals surface area contributed by atoms with Crippen molar-refractivity contribution in [2.45, 2.75) is 109 Å². The lowest BCUT2D eigenvalue weighted by Gasteiger charge is -2.42. The van der Waals surface area contributed by atoms with Crippen molar-refractivity contribution >= 4 is 10.1 Å². The van der Waals surface area contributed by atoms with Crippen LogP contribution in [0.1, 0.15) is 104 Å². The molecule has 0 N–H and O–H groups in total. The van der Waals surface area contributed by atoms with Gasteiger partial charge in [-0.3, -0.25) is 0 Å². The van der Waals surface area contributed by atoms with Gasteiger partial charge in [-0.25, -0.2) is 8.42 Å². The van der Waals surface area contributed by atoms with Gasteiger partial charge < -0.3 is 9.04 Å². The zero-order valence-corrected chi connectivity index (χ0v) is 19.3. The number of unbranched alkanes of at least 4 members (excludes halogenated alkanes) is 9. The number of nitrogens with zero attached hydrogens (tertiary/aromatic N) is 1. The highest BCUT2D eigenvalue weighted by Gasteiger charge is 2.37. The maximum absolute atomic E-state index is 10.7. The summed E-state index contributed by atoms with van der Waals surface area (Å²) in [6.07, 6.45) is 20.5. The van der Waals surface area contributed by atoms with E-state index in [0.29, 0.717) is 0 Å². The Morgan fingerprint density at radius 1 is 0.724 bits per heavy atom. The summed E-state index contributed by atoms with van der Waals surface area (Å²) >= 11 is 0. The first kappa shape index (κ1) is 28.7. The lowest BCUT2D eigenvalue weighted by molar-refractivity contribution is -0.932. The highest BCUT2D eigenvalue weighted by molar-refractivity contribution is 7.86. The van der Waals surface area contributed by atoms with Crippen LogP contribution in [0.15, 0.2) is 0 Å². The van der Waals surface area contributed by atoms with Crippen molar-refractivity contribution < 1.29 is 30.6 Å². The number of hydrogen-bond donors (Lipinski definition) is 0. The third-order valence-corrected chi connectivity index (χ3v) is 6.34. The Morgan fingerprint density at radius 2 is 1.10 bits per heavy atom. The zero-order valence-electron chi connectivity index (χ0n) is 18.4. The molecule has 0 aromatic heterocycles. The number of halogens is 3. The average molecular weight is 446 g/mol. The first-order chi connectivity index (χ1) is 13.6. The van der Waals surface area contributed by atoms with Crippen molar-refractivity contribution in [1.29, 1.82) is 0 Å². The average Bonchev–Trinajstić information content (AvgIpc) is 2.65. The molecule has 0 amide bonds. The van der Waals surface area contributed by atoms with Crippen LogP contribution in [0.2, 0.25) is 0 Å². The molecule has 0 bridgehead atoms. The quantitative estimate of drug-likeness (QED) is 0.143. The van der Waals surface area contributed by atoms with E-state index in [0.717, 1.165) is 0 Å². The Morgan fingerprint density at radius 3 is 1.52 bits per heavy atom. The summed E-state index contributed by atoms with van der Waals surface area (Å²) in [7, 11) is -6.09. The van der Waals surface area contributed by atoms with Crippen molar-refractivity contribution in [3.63, 3.8) is 0 Å². The molecule has 176 valence electrons. The molecular weight excluding hydrogens is 403 g/mol. The van der Waals surface area contributed by atoms with Crippen LogP contribution in [-0.4, -0.2) is 49.1 Å². The maximum Gasteiger partial charge on any atom is 0.485 e. The first-order valence-electron chi connectivity index (χ1n) is 11.5. The zero-order chi connectivity index (χ0) is 22.2. The van der Waals surface area contributed by atoms with Crippen LogP contribution >= 0.6 is 0 Å². The number of hydrogen-bond acceptors (Lipinski definition) is 3. The molecule has 0 aromatic rings. The molecule has 1 saturated heterocycles. The Hall–Kier alpha value is -0.340. The summed E-state index contributed by atoms with van der Waals surface area (Å²) in [5, 5.41) is 0. The number of likely N-dealkylation sites (tertiary alicyclic amines) is 1. The van der Waals surface area contributed by atoms with Crippen LogP contribution < -0.4 is 0 Å². The fourth-order valence-electron chi connectivity index (χ4n) is 3.99. The molecule has 8 heteroatoms. The fourth-order valence-corrected chi connectivity index (χ4v) is 3.99. The van der Waals surface area contributed by atoms with E-state index < -0.39 is 15.6 Å². The summed E-state index contributed by atoms with van der Waals surface area (Å²) in [5.41, 5.74) is -5.65. The van der Waals surface area contributed by atoms with E-state index in [4.69, 9.17) is 13.0 Å². The van der Waals surface area contributed by atoms with Crippen LogP contribution in [0, 0.1) is 0 Å². The van der Waals surface area contributed by atoms with Gasteiger partial charge in [0, 0.05) is 0 Å². The molecule has 4 nitrogen and oxygen atoms in total. The van der Waals surface area contributed by atoms with Crippen LogP contribution in [0.5, 0.6) is 0 Å². The Balaban J connectivity index is 0.000000828. The minimum Gasteiger partial charge on any atom is -0.741 e. The molecule has 29 heavy (non-hydrogen) atoms. The van der Waals surface area contributed by atoms with Gasteiger partial charge in [-0.15, -0.1) is 0 Å². The largest absolute Gasteiger partial charge is 0.741 e. The van der Waals surface area contributed by atoms with Crippen LogP contribution in [0.3, 0.4) is 0 Å². The minimum absolute atomic E-state index is 1.37. The van der Waals surface area contributed by atoms with Crippen LogP contribution in [0.25, 0.3) is 0 Å². The highest BCUT2D eigenvalue weighted by Crippen LogP contribution is 2.22. The number of rotatable bonds is 13. The van der Waals surface area contributed by atoms with Crippen molar-refractivity contribution in [3.05, 3.63) is 0 Å². The van der Waals surface area contributed by atoms with E-state index in [1.165, 1.54) is 121 Å². The Labute approximate surface area is 176 Å². The van der Waals surface area contributed by atoms with E-state index in [1.807, 2.05) is 0 Å². The molecule has 1 aliphatic rings. The van der Waals surface area contributed by atoms with E-state index in [-0.39, 0.29) is 0 Å². The Kier molecular flexibility index (Phi) is 15.3. The van der Waals surface area contributed by atoms with Crippen molar-refractivity contribution in [1.82, 2.24) is 0 Å². The molecule has 0 radical (unpaired) electrons. The number of alkyl halides is 3. The second-order valence-electron chi connectivity index (χ2n) is 8.38. The third-order valence-electron chi connectivity index (χ3n) is 5.77. The van der Waals surface area contributed by atoms with E-state index in [1.54, 1.807) is 0 Å². The van der Waals surface area contributed by atoms with Crippen LogP contribution in [0.4, 0.5) is 13.2 Å². The van der Waals surface area contributed by atoms with Gasteiger partial charge in [-0.2, -0.15) is 13.2 Å². The van der Waals surface area contributed by atoms with E-state index >= 15 is 0 Å². The molecule has 0 saturated carbocycles. The SMILES string of the molecule is CCCCCCCCCCC[N+]1(CCCC)CCCCC1.O=S(=O)([O-])C(F)(F)F. The summed E-state index contributed by atoms with van der Waals surface area (Å²) in [6, 6.07) is 0. The van der Waals surface area contributed by atoms with Crippen molar-refractivity contribution in [2.24, 2.45) is 0 Å². The van der Waals surface area contributed by atoms with E-state index in [2.05, 4.69) is 13.8 Å². The van der Waals surface area contributed by atoms with Gasteiger partial charge in [-0.1, -0.05) is 65.2 Å². The fraction of sp³-hybridized carbons (Fsp3) is 1.00. The van der Waals surface area contributed by atoms with Gasteiger partial charge in [0.2, 0.25) is 0 Å². The molecule has 0 spiro atoms. The maximum atomic E-state index is 10.7. The van der Waals surface area contributed by atoms with Gasteiger partial charge in [0.15, 0.2) is 10.1 Å². The van der Waals surface area contributed by atoms with Gasteiger partial charge in [-0.05, 0) is 38.5 Å². The van der Waals surface area contributed by atoms with Gasteiger partial charge in [0.1, 0.15) is 0 Å². The molecule has 0 aromatic carbocycles. The van der Waals surface area contributed by atoms with E-state index in [9.17, 15) is 13.2 Å².